The third-order valence-corrected chi connectivity index (χ3v) is 6.74. The molecule has 0 amide bonds. The summed E-state index contributed by atoms with van der Waals surface area (Å²) in [5, 5.41) is 0. The lowest BCUT2D eigenvalue weighted by molar-refractivity contribution is -0.137. The molecule has 5 rings (SSSR count). The van der Waals surface area contributed by atoms with Crippen molar-refractivity contribution in [1.82, 2.24) is 0 Å². The molecule has 5 aliphatic rings. The number of rotatable bonds is 1. The van der Waals surface area contributed by atoms with Crippen LogP contribution >= 0.6 is 0 Å². The van der Waals surface area contributed by atoms with Crippen molar-refractivity contribution in [3.63, 3.8) is 0 Å². The van der Waals surface area contributed by atoms with Gasteiger partial charge in [-0.25, -0.2) is 4.79 Å². The maximum absolute atomic E-state index is 12.4. The van der Waals surface area contributed by atoms with Gasteiger partial charge in [-0.2, -0.15) is 0 Å². The smallest absolute Gasteiger partial charge is 0.334 e. The second kappa shape index (κ2) is 2.99. The number of esters is 1. The van der Waals surface area contributed by atoms with E-state index in [2.05, 4.69) is 0 Å². The number of hydrogen-bond acceptors (Lipinski definition) is 2. The van der Waals surface area contributed by atoms with E-state index in [4.69, 9.17) is 4.74 Å². The minimum Gasteiger partial charge on any atom is -0.466 e. The fourth-order valence-corrected chi connectivity index (χ4v) is 5.99. The molecule has 0 N–H and O–H groups in total. The fraction of sp³-hybridized carbons (Fsp3) is 0.706. The van der Waals surface area contributed by atoms with E-state index in [1.165, 1.54) is 50.5 Å². The summed E-state index contributed by atoms with van der Waals surface area (Å²) in [6.07, 6.45) is 10.1. The van der Waals surface area contributed by atoms with Crippen LogP contribution in [-0.4, -0.2) is 13.1 Å². The molecule has 4 saturated carbocycles. The monoisotopic (exact) mass is 256 g/mol. The molecule has 100 valence electrons. The summed E-state index contributed by atoms with van der Waals surface area (Å²) in [6, 6.07) is 0. The Morgan fingerprint density at radius 3 is 2.68 bits per heavy atom. The minimum atomic E-state index is -0.0159. The third-order valence-electron chi connectivity index (χ3n) is 6.74. The molecule has 2 nitrogen and oxygen atoms in total. The number of methoxy groups -OCH3 is 1. The van der Waals surface area contributed by atoms with Gasteiger partial charge >= 0.3 is 5.97 Å². The van der Waals surface area contributed by atoms with Crippen molar-refractivity contribution in [3.8, 4) is 0 Å². The Morgan fingerprint density at radius 1 is 1.21 bits per heavy atom. The average Bonchev–Trinajstić information content (AvgIpc) is 3.25. The molecule has 4 fully saturated rings. The summed E-state index contributed by atoms with van der Waals surface area (Å²) in [7, 11) is 1.55. The molecule has 0 aromatic carbocycles. The van der Waals surface area contributed by atoms with E-state index in [-0.39, 0.29) is 11.4 Å². The van der Waals surface area contributed by atoms with Crippen molar-refractivity contribution in [3.05, 3.63) is 22.3 Å². The van der Waals surface area contributed by atoms with Crippen LogP contribution in [0.25, 0.3) is 0 Å². The zero-order valence-electron chi connectivity index (χ0n) is 11.6. The second-order valence-electron chi connectivity index (χ2n) is 7.15. The molecule has 0 heterocycles. The Hall–Kier alpha value is -1.05. The van der Waals surface area contributed by atoms with Crippen LogP contribution in [0.3, 0.4) is 0 Å². The quantitative estimate of drug-likeness (QED) is 0.671. The number of fused-ring (bicyclic) bond motifs is 1. The summed E-state index contributed by atoms with van der Waals surface area (Å²) in [6.45, 7) is 0. The van der Waals surface area contributed by atoms with Gasteiger partial charge in [0.15, 0.2) is 0 Å². The van der Waals surface area contributed by atoms with Gasteiger partial charge in [-0.05, 0) is 68.4 Å². The highest BCUT2D eigenvalue weighted by atomic mass is 16.5. The molecule has 0 aromatic rings. The van der Waals surface area contributed by atoms with E-state index in [0.717, 1.165) is 17.9 Å². The predicted octanol–water partition coefficient (Wildman–Crippen LogP) is 3.53. The summed E-state index contributed by atoms with van der Waals surface area (Å²) >= 11 is 0. The van der Waals surface area contributed by atoms with Gasteiger partial charge in [0.1, 0.15) is 0 Å². The minimum absolute atomic E-state index is 0.0159. The van der Waals surface area contributed by atoms with Crippen molar-refractivity contribution < 1.29 is 9.53 Å². The van der Waals surface area contributed by atoms with Crippen molar-refractivity contribution in [2.24, 2.45) is 16.7 Å². The van der Waals surface area contributed by atoms with Gasteiger partial charge in [-0.15, -0.1) is 0 Å². The average molecular weight is 256 g/mol. The SMILES string of the molecule is COC(=O)C1=C2CCCC2=C2CCC3CC23C12CC2. The molecule has 0 aliphatic heterocycles. The Morgan fingerprint density at radius 2 is 2.00 bits per heavy atom. The Kier molecular flexibility index (Phi) is 1.69. The fourth-order valence-electron chi connectivity index (χ4n) is 5.99. The predicted molar refractivity (Wildman–Crippen MR) is 71.4 cm³/mol. The molecule has 2 spiro atoms. The molecule has 2 heteroatoms. The highest BCUT2D eigenvalue weighted by molar-refractivity contribution is 5.94. The van der Waals surface area contributed by atoms with Gasteiger partial charge in [0.05, 0.1) is 7.11 Å². The lowest BCUT2D eigenvalue weighted by Crippen LogP contribution is -2.31. The first-order chi connectivity index (χ1) is 9.24. The van der Waals surface area contributed by atoms with Crippen LogP contribution in [0, 0.1) is 16.7 Å². The maximum atomic E-state index is 12.4. The number of carbonyl (C=O) groups is 1. The zero-order valence-corrected chi connectivity index (χ0v) is 11.6. The van der Waals surface area contributed by atoms with Crippen molar-refractivity contribution in [1.29, 1.82) is 0 Å². The Balaban J connectivity index is 1.80. The molecular formula is C17H20O2. The molecule has 0 aromatic heterocycles. The number of ether oxygens (including phenoxy) is 1. The molecule has 19 heavy (non-hydrogen) atoms. The largest absolute Gasteiger partial charge is 0.466 e. The first-order valence-corrected chi connectivity index (χ1v) is 7.79. The molecule has 0 radical (unpaired) electrons. The topological polar surface area (TPSA) is 26.3 Å². The molecule has 5 aliphatic carbocycles. The number of allylic oxidation sites excluding steroid dienone is 3. The van der Waals surface area contributed by atoms with Crippen LogP contribution in [0.5, 0.6) is 0 Å². The molecule has 0 bridgehead atoms. The van der Waals surface area contributed by atoms with Crippen LogP contribution in [0.15, 0.2) is 22.3 Å². The van der Waals surface area contributed by atoms with Crippen LogP contribution < -0.4 is 0 Å². The third kappa shape index (κ3) is 0.956. The summed E-state index contributed by atoms with van der Waals surface area (Å²) < 4.78 is 5.17. The first kappa shape index (κ1) is 10.7. The molecule has 2 atom stereocenters. The molecule has 2 unspecified atom stereocenters. The normalized spacial score (nSPS) is 40.2. The molecular weight excluding hydrogens is 236 g/mol. The number of carbonyl (C=O) groups excluding carboxylic acids is 1. The van der Waals surface area contributed by atoms with Crippen molar-refractivity contribution in [2.75, 3.05) is 7.11 Å². The Bertz CT molecular complexity index is 576. The van der Waals surface area contributed by atoms with Crippen molar-refractivity contribution >= 4 is 5.97 Å². The van der Waals surface area contributed by atoms with E-state index in [1.54, 1.807) is 18.3 Å². The van der Waals surface area contributed by atoms with E-state index in [1.807, 2.05) is 0 Å². The molecule has 0 saturated heterocycles. The highest BCUT2D eigenvalue weighted by Crippen LogP contribution is 2.85. The van der Waals surface area contributed by atoms with E-state index >= 15 is 0 Å². The zero-order chi connectivity index (χ0) is 12.8. The lowest BCUT2D eigenvalue weighted by Gasteiger charge is -2.36. The summed E-state index contributed by atoms with van der Waals surface area (Å²) in [4.78, 5) is 12.4. The van der Waals surface area contributed by atoms with E-state index in [9.17, 15) is 4.79 Å². The van der Waals surface area contributed by atoms with Crippen LogP contribution in [0.2, 0.25) is 0 Å². The first-order valence-electron chi connectivity index (χ1n) is 7.79. The van der Waals surface area contributed by atoms with Gasteiger partial charge in [0, 0.05) is 16.4 Å². The van der Waals surface area contributed by atoms with Gasteiger partial charge in [0.25, 0.3) is 0 Å². The van der Waals surface area contributed by atoms with Crippen LogP contribution in [0.1, 0.15) is 51.4 Å². The van der Waals surface area contributed by atoms with Crippen LogP contribution in [0.4, 0.5) is 0 Å². The van der Waals surface area contributed by atoms with E-state index in [0.29, 0.717) is 5.41 Å². The van der Waals surface area contributed by atoms with Crippen molar-refractivity contribution in [2.45, 2.75) is 51.4 Å². The van der Waals surface area contributed by atoms with Gasteiger partial charge < -0.3 is 4.74 Å². The standard InChI is InChI=1S/C17H20O2/c1-19-15(18)14-12-4-2-3-11(12)13-6-5-10-9-17(10,13)16(14)7-8-16/h10H,2-9H2,1H3. The number of hydrogen-bond donors (Lipinski definition) is 0. The second-order valence-corrected chi connectivity index (χ2v) is 7.15. The van der Waals surface area contributed by atoms with Gasteiger partial charge in [0.2, 0.25) is 0 Å². The lowest BCUT2D eigenvalue weighted by atomic mass is 9.67. The maximum Gasteiger partial charge on any atom is 0.334 e. The van der Waals surface area contributed by atoms with Gasteiger partial charge in [-0.3, -0.25) is 0 Å². The summed E-state index contributed by atoms with van der Waals surface area (Å²) in [5.74, 6) is 0.872. The van der Waals surface area contributed by atoms with Crippen LogP contribution in [-0.2, 0) is 9.53 Å². The van der Waals surface area contributed by atoms with Gasteiger partial charge in [-0.1, -0.05) is 5.57 Å². The van der Waals surface area contributed by atoms with E-state index < -0.39 is 0 Å². The highest BCUT2D eigenvalue weighted by Gasteiger charge is 2.78. The summed E-state index contributed by atoms with van der Waals surface area (Å²) in [5.41, 5.74) is 6.57. The Labute approximate surface area is 113 Å².